The zero-order chi connectivity index (χ0) is 15.8. The van der Waals surface area contributed by atoms with E-state index < -0.39 is 32.7 Å². The molecule has 1 aliphatic rings. The third-order valence-electron chi connectivity index (χ3n) is 3.26. The molecule has 21 heavy (non-hydrogen) atoms. The number of carbonyl (C=O) groups excluding carboxylic acids is 1. The van der Waals surface area contributed by atoms with E-state index in [0.29, 0.717) is 0 Å². The van der Waals surface area contributed by atoms with Crippen molar-refractivity contribution in [2.24, 2.45) is 5.92 Å². The van der Waals surface area contributed by atoms with Crippen LogP contribution < -0.4 is 4.90 Å². The number of hydrogen-bond donors (Lipinski definition) is 0. The Morgan fingerprint density at radius 3 is 2.71 bits per heavy atom. The molecular weight excluding hydrogens is 303 g/mol. The number of halogens is 1. The molecule has 2 rings (SSSR count). The lowest BCUT2D eigenvalue weighted by Gasteiger charge is -2.17. The number of amides is 1. The Labute approximate surface area is 120 Å². The first kappa shape index (κ1) is 15.4. The molecule has 1 unspecified atom stereocenters. The Kier molecular flexibility index (Phi) is 3.95. The van der Waals surface area contributed by atoms with Gasteiger partial charge in [0.1, 0.15) is 5.69 Å². The van der Waals surface area contributed by atoms with E-state index in [0.717, 1.165) is 10.5 Å². The average Bonchev–Trinajstić information content (AvgIpc) is 2.66. The fourth-order valence-electron chi connectivity index (χ4n) is 2.41. The summed E-state index contributed by atoms with van der Waals surface area (Å²) in [7, 11) is -4.68. The number of rotatable bonds is 4. The zero-order valence-electron chi connectivity index (χ0n) is 11.2. The molecule has 1 aromatic rings. The van der Waals surface area contributed by atoms with Crippen LogP contribution in [0, 0.1) is 23.0 Å². The van der Waals surface area contributed by atoms with Crippen LogP contribution in [0.15, 0.2) is 18.2 Å². The van der Waals surface area contributed by atoms with Crippen molar-refractivity contribution in [3.63, 3.8) is 0 Å². The van der Waals surface area contributed by atoms with Gasteiger partial charge in [0.2, 0.25) is 5.91 Å². The van der Waals surface area contributed by atoms with Crippen molar-refractivity contribution in [3.05, 3.63) is 33.9 Å². The molecule has 0 saturated carbocycles. The van der Waals surface area contributed by atoms with E-state index in [1.54, 1.807) is 13.0 Å². The highest BCUT2D eigenvalue weighted by molar-refractivity contribution is 7.86. The summed E-state index contributed by atoms with van der Waals surface area (Å²) in [6.07, 6.45) is -0.145. The van der Waals surface area contributed by atoms with Gasteiger partial charge in [0.15, 0.2) is 0 Å². The number of nitrogens with zero attached hydrogens (tertiary/aromatic N) is 2. The van der Waals surface area contributed by atoms with E-state index in [1.807, 2.05) is 0 Å². The van der Waals surface area contributed by atoms with Gasteiger partial charge < -0.3 is 4.90 Å². The second-order valence-corrected chi connectivity index (χ2v) is 6.44. The standard InChI is InChI=1S/C12H13FN2O5S/c1-8-2-3-10(15(17)18)11(4-8)14-6-9(5-12(14)16)7-21(13,19)20/h2-4,9H,5-7H2,1H3. The molecule has 0 aromatic heterocycles. The summed E-state index contributed by atoms with van der Waals surface area (Å²) in [4.78, 5) is 23.5. The minimum absolute atomic E-state index is 0.0493. The van der Waals surface area contributed by atoms with Gasteiger partial charge >= 0.3 is 10.2 Å². The monoisotopic (exact) mass is 316 g/mol. The van der Waals surface area contributed by atoms with Crippen LogP contribution in [0.5, 0.6) is 0 Å². The number of benzene rings is 1. The summed E-state index contributed by atoms with van der Waals surface area (Å²) >= 11 is 0. The highest BCUT2D eigenvalue weighted by Gasteiger charge is 2.36. The molecule has 1 fully saturated rings. The first-order chi connectivity index (χ1) is 9.67. The van der Waals surface area contributed by atoms with Crippen LogP contribution >= 0.6 is 0 Å². The van der Waals surface area contributed by atoms with Gasteiger partial charge in [-0.3, -0.25) is 14.9 Å². The lowest BCUT2D eigenvalue weighted by molar-refractivity contribution is -0.384. The van der Waals surface area contributed by atoms with Crippen molar-refractivity contribution in [2.45, 2.75) is 13.3 Å². The summed E-state index contributed by atoms with van der Waals surface area (Å²) in [5.41, 5.74) is 0.603. The maximum absolute atomic E-state index is 12.7. The second-order valence-electron chi connectivity index (χ2n) is 5.03. The van der Waals surface area contributed by atoms with E-state index in [1.165, 1.54) is 12.1 Å². The molecule has 0 bridgehead atoms. The van der Waals surface area contributed by atoms with Crippen molar-refractivity contribution < 1.29 is 22.0 Å². The Morgan fingerprint density at radius 2 is 2.14 bits per heavy atom. The Morgan fingerprint density at radius 1 is 1.48 bits per heavy atom. The van der Waals surface area contributed by atoms with Crippen molar-refractivity contribution in [2.75, 3.05) is 17.2 Å². The molecular formula is C12H13FN2O5S. The van der Waals surface area contributed by atoms with Gasteiger partial charge in [-0.2, -0.15) is 8.42 Å². The van der Waals surface area contributed by atoms with E-state index in [-0.39, 0.29) is 24.3 Å². The Balaban J connectivity index is 2.33. The van der Waals surface area contributed by atoms with Gasteiger partial charge in [0.05, 0.1) is 10.7 Å². The van der Waals surface area contributed by atoms with E-state index in [2.05, 4.69) is 0 Å². The SMILES string of the molecule is Cc1ccc([N+](=O)[O-])c(N2CC(CS(=O)(=O)F)CC2=O)c1. The summed E-state index contributed by atoms with van der Waals surface area (Å²) < 4.78 is 34.0. The molecule has 7 nitrogen and oxygen atoms in total. The summed E-state index contributed by atoms with van der Waals surface area (Å²) in [6.45, 7) is 1.67. The molecule has 1 aromatic carbocycles. The van der Waals surface area contributed by atoms with Gasteiger partial charge in [-0.05, 0) is 18.6 Å². The van der Waals surface area contributed by atoms with Crippen molar-refractivity contribution in [1.82, 2.24) is 0 Å². The molecule has 1 heterocycles. The van der Waals surface area contributed by atoms with Gasteiger partial charge in [-0.25, -0.2) is 0 Å². The first-order valence-electron chi connectivity index (χ1n) is 6.15. The summed E-state index contributed by atoms with van der Waals surface area (Å²) in [6, 6.07) is 4.32. The molecule has 1 amide bonds. The van der Waals surface area contributed by atoms with Crippen molar-refractivity contribution in [3.8, 4) is 0 Å². The van der Waals surface area contributed by atoms with Gasteiger partial charge in [-0.15, -0.1) is 3.89 Å². The van der Waals surface area contributed by atoms with E-state index >= 15 is 0 Å². The number of nitro benzene ring substituents is 1. The number of hydrogen-bond acceptors (Lipinski definition) is 5. The predicted molar refractivity (Wildman–Crippen MR) is 73.2 cm³/mol. The van der Waals surface area contributed by atoms with Crippen LogP contribution in [0.25, 0.3) is 0 Å². The molecule has 0 N–H and O–H groups in total. The summed E-state index contributed by atoms with van der Waals surface area (Å²) in [5.74, 6) is -1.90. The number of aryl methyl sites for hydroxylation is 1. The fraction of sp³-hybridized carbons (Fsp3) is 0.417. The molecule has 1 saturated heterocycles. The lowest BCUT2D eigenvalue weighted by atomic mass is 10.1. The third-order valence-corrected chi connectivity index (χ3v) is 4.13. The van der Waals surface area contributed by atoms with Crippen LogP contribution in [0.3, 0.4) is 0 Å². The van der Waals surface area contributed by atoms with E-state index in [4.69, 9.17) is 0 Å². The topological polar surface area (TPSA) is 97.6 Å². The van der Waals surface area contributed by atoms with Crippen LogP contribution in [-0.2, 0) is 15.0 Å². The molecule has 1 atom stereocenters. The maximum atomic E-state index is 12.7. The zero-order valence-corrected chi connectivity index (χ0v) is 12.0. The van der Waals surface area contributed by atoms with Crippen LogP contribution in [0.4, 0.5) is 15.3 Å². The van der Waals surface area contributed by atoms with E-state index in [9.17, 15) is 27.2 Å². The second kappa shape index (κ2) is 5.40. The highest BCUT2D eigenvalue weighted by Crippen LogP contribution is 2.34. The third kappa shape index (κ3) is 3.54. The van der Waals surface area contributed by atoms with Crippen molar-refractivity contribution in [1.29, 1.82) is 0 Å². The molecule has 9 heteroatoms. The van der Waals surface area contributed by atoms with Crippen LogP contribution in [0.2, 0.25) is 0 Å². The van der Waals surface area contributed by atoms with Crippen molar-refractivity contribution >= 4 is 27.5 Å². The number of nitro groups is 1. The van der Waals surface area contributed by atoms with Crippen LogP contribution in [-0.4, -0.2) is 31.5 Å². The maximum Gasteiger partial charge on any atom is 0.302 e. The van der Waals surface area contributed by atoms with Gasteiger partial charge in [0.25, 0.3) is 5.69 Å². The predicted octanol–water partition coefficient (Wildman–Crippen LogP) is 1.56. The van der Waals surface area contributed by atoms with Gasteiger partial charge in [-0.1, -0.05) is 6.07 Å². The van der Waals surface area contributed by atoms with Crippen LogP contribution in [0.1, 0.15) is 12.0 Å². The lowest BCUT2D eigenvalue weighted by Crippen LogP contribution is -2.26. The largest absolute Gasteiger partial charge is 0.306 e. The Hall–Kier alpha value is -2.03. The highest BCUT2D eigenvalue weighted by atomic mass is 32.3. The minimum atomic E-state index is -4.68. The number of anilines is 1. The molecule has 1 aliphatic heterocycles. The smallest absolute Gasteiger partial charge is 0.302 e. The molecule has 0 spiro atoms. The number of carbonyl (C=O) groups is 1. The minimum Gasteiger partial charge on any atom is -0.306 e. The molecule has 0 aliphatic carbocycles. The quantitative estimate of drug-likeness (QED) is 0.477. The Bertz CT molecular complexity index is 704. The average molecular weight is 316 g/mol. The van der Waals surface area contributed by atoms with Gasteiger partial charge in [0, 0.05) is 24.9 Å². The molecule has 114 valence electrons. The molecule has 0 radical (unpaired) electrons. The fourth-order valence-corrected chi connectivity index (χ4v) is 3.20. The normalized spacial score (nSPS) is 19.0. The summed E-state index contributed by atoms with van der Waals surface area (Å²) in [5, 5.41) is 11.0. The first-order valence-corrected chi connectivity index (χ1v) is 7.70.